The first-order chi connectivity index (χ1) is 6.25. The normalized spacial score (nSPS) is 34.2. The van der Waals surface area contributed by atoms with Gasteiger partial charge in [0, 0.05) is 6.04 Å². The van der Waals surface area contributed by atoms with Gasteiger partial charge >= 0.3 is 0 Å². The van der Waals surface area contributed by atoms with Gasteiger partial charge in [-0.2, -0.15) is 0 Å². The molecule has 0 aromatic carbocycles. The van der Waals surface area contributed by atoms with E-state index in [2.05, 4.69) is 5.32 Å². The van der Waals surface area contributed by atoms with E-state index in [-0.39, 0.29) is 18.1 Å². The van der Waals surface area contributed by atoms with Gasteiger partial charge in [-0.1, -0.05) is 0 Å². The lowest BCUT2D eigenvalue weighted by molar-refractivity contribution is -0.133. The van der Waals surface area contributed by atoms with Crippen molar-refractivity contribution in [1.29, 1.82) is 0 Å². The van der Waals surface area contributed by atoms with E-state index in [1.807, 2.05) is 6.92 Å². The number of rotatable bonds is 2. The summed E-state index contributed by atoms with van der Waals surface area (Å²) in [5, 5.41) is 3.01. The predicted molar refractivity (Wildman–Crippen MR) is 49.4 cm³/mol. The van der Waals surface area contributed by atoms with E-state index in [0.29, 0.717) is 6.04 Å². The molecule has 0 aromatic rings. The van der Waals surface area contributed by atoms with Crippen LogP contribution in [-0.4, -0.2) is 24.2 Å². The molecule has 1 amide bonds. The van der Waals surface area contributed by atoms with Crippen molar-refractivity contribution in [2.45, 2.75) is 57.3 Å². The molecule has 2 rings (SSSR count). The quantitative estimate of drug-likeness (QED) is 0.699. The molecule has 0 radical (unpaired) electrons. The molecule has 2 fully saturated rings. The fourth-order valence-corrected chi connectivity index (χ4v) is 1.84. The largest absolute Gasteiger partial charge is 0.365 e. The Morgan fingerprint density at radius 1 is 1.31 bits per heavy atom. The van der Waals surface area contributed by atoms with Gasteiger partial charge in [0.05, 0.1) is 6.10 Å². The molecule has 2 unspecified atom stereocenters. The highest BCUT2D eigenvalue weighted by Gasteiger charge is 2.30. The fraction of sp³-hybridized carbons (Fsp3) is 0.900. The van der Waals surface area contributed by atoms with Crippen molar-refractivity contribution >= 4 is 5.91 Å². The van der Waals surface area contributed by atoms with Gasteiger partial charge in [0.1, 0.15) is 6.10 Å². The van der Waals surface area contributed by atoms with E-state index in [9.17, 15) is 4.79 Å². The summed E-state index contributed by atoms with van der Waals surface area (Å²) < 4.78 is 5.48. The number of nitrogens with one attached hydrogen (secondary N) is 1. The first kappa shape index (κ1) is 9.00. The molecular formula is C10H17NO2. The monoisotopic (exact) mass is 183 g/mol. The van der Waals surface area contributed by atoms with Gasteiger partial charge < -0.3 is 10.1 Å². The Hall–Kier alpha value is -0.570. The summed E-state index contributed by atoms with van der Waals surface area (Å²) in [5.74, 6) is 0.106. The molecular weight excluding hydrogens is 166 g/mol. The summed E-state index contributed by atoms with van der Waals surface area (Å²) in [6.07, 6.45) is 5.55. The van der Waals surface area contributed by atoms with E-state index in [4.69, 9.17) is 4.74 Å². The molecule has 2 atom stereocenters. The summed E-state index contributed by atoms with van der Waals surface area (Å²) in [6, 6.07) is 0.437. The number of hydrogen-bond acceptors (Lipinski definition) is 2. The van der Waals surface area contributed by atoms with Gasteiger partial charge in [-0.05, 0) is 39.0 Å². The second-order valence-corrected chi connectivity index (χ2v) is 4.15. The molecule has 1 heterocycles. The van der Waals surface area contributed by atoms with E-state index in [1.165, 1.54) is 6.42 Å². The maximum Gasteiger partial charge on any atom is 0.249 e. The summed E-state index contributed by atoms with van der Waals surface area (Å²) in [6.45, 7) is 2.02. The van der Waals surface area contributed by atoms with Crippen LogP contribution < -0.4 is 5.32 Å². The number of carbonyl (C=O) groups excluding carboxylic acids is 1. The minimum Gasteiger partial charge on any atom is -0.365 e. The molecule has 0 aromatic heterocycles. The SMILES string of the molecule is CC1CCC(C(=O)NC2CCC2)O1. The number of hydrogen-bond donors (Lipinski definition) is 1. The highest BCUT2D eigenvalue weighted by Crippen LogP contribution is 2.22. The number of ether oxygens (including phenoxy) is 1. The lowest BCUT2D eigenvalue weighted by Gasteiger charge is -2.27. The van der Waals surface area contributed by atoms with E-state index in [0.717, 1.165) is 25.7 Å². The van der Waals surface area contributed by atoms with Crippen LogP contribution in [0.15, 0.2) is 0 Å². The third kappa shape index (κ3) is 2.02. The van der Waals surface area contributed by atoms with Crippen LogP contribution in [0.5, 0.6) is 0 Å². The minimum atomic E-state index is -0.171. The Bertz CT molecular complexity index is 201. The first-order valence-corrected chi connectivity index (χ1v) is 5.21. The second kappa shape index (κ2) is 3.66. The van der Waals surface area contributed by atoms with Crippen LogP contribution in [0.4, 0.5) is 0 Å². The summed E-state index contributed by atoms with van der Waals surface area (Å²) >= 11 is 0. The second-order valence-electron chi connectivity index (χ2n) is 4.15. The van der Waals surface area contributed by atoms with Crippen LogP contribution in [0.1, 0.15) is 39.0 Å². The molecule has 0 spiro atoms. The van der Waals surface area contributed by atoms with Crippen molar-refractivity contribution in [2.24, 2.45) is 0 Å². The molecule has 13 heavy (non-hydrogen) atoms. The van der Waals surface area contributed by atoms with Gasteiger partial charge in [-0.25, -0.2) is 0 Å². The molecule has 0 bridgehead atoms. The Kier molecular flexibility index (Phi) is 2.54. The van der Waals surface area contributed by atoms with E-state index < -0.39 is 0 Å². The molecule has 74 valence electrons. The molecule has 1 N–H and O–H groups in total. The third-order valence-electron chi connectivity index (χ3n) is 2.98. The van der Waals surface area contributed by atoms with Crippen molar-refractivity contribution in [3.63, 3.8) is 0 Å². The number of amides is 1. The number of carbonyl (C=O) groups is 1. The zero-order valence-electron chi connectivity index (χ0n) is 8.08. The molecule has 1 saturated carbocycles. The Morgan fingerprint density at radius 3 is 2.54 bits per heavy atom. The maximum atomic E-state index is 11.6. The van der Waals surface area contributed by atoms with Crippen molar-refractivity contribution in [3.05, 3.63) is 0 Å². The van der Waals surface area contributed by atoms with Crippen molar-refractivity contribution in [3.8, 4) is 0 Å². The van der Waals surface area contributed by atoms with Crippen LogP contribution in [0.25, 0.3) is 0 Å². The lowest BCUT2D eigenvalue weighted by atomic mass is 9.93. The first-order valence-electron chi connectivity index (χ1n) is 5.21. The Balaban J connectivity index is 1.76. The van der Waals surface area contributed by atoms with Crippen LogP contribution >= 0.6 is 0 Å². The van der Waals surface area contributed by atoms with E-state index >= 15 is 0 Å². The third-order valence-corrected chi connectivity index (χ3v) is 2.98. The van der Waals surface area contributed by atoms with Crippen molar-refractivity contribution in [1.82, 2.24) is 5.32 Å². The molecule has 2 aliphatic rings. The molecule has 1 aliphatic carbocycles. The van der Waals surface area contributed by atoms with E-state index in [1.54, 1.807) is 0 Å². The molecule has 3 heteroatoms. The van der Waals surface area contributed by atoms with Gasteiger partial charge in [-0.15, -0.1) is 0 Å². The van der Waals surface area contributed by atoms with Gasteiger partial charge in [0.15, 0.2) is 0 Å². The minimum absolute atomic E-state index is 0.106. The highest BCUT2D eigenvalue weighted by atomic mass is 16.5. The van der Waals surface area contributed by atoms with Crippen molar-refractivity contribution in [2.75, 3.05) is 0 Å². The summed E-state index contributed by atoms with van der Waals surface area (Å²) in [4.78, 5) is 11.6. The predicted octanol–water partition coefficient (Wildman–Crippen LogP) is 1.22. The van der Waals surface area contributed by atoms with Crippen LogP contribution in [0.3, 0.4) is 0 Å². The van der Waals surface area contributed by atoms with Crippen LogP contribution in [-0.2, 0) is 9.53 Å². The van der Waals surface area contributed by atoms with Crippen LogP contribution in [0.2, 0.25) is 0 Å². The Morgan fingerprint density at radius 2 is 2.08 bits per heavy atom. The van der Waals surface area contributed by atoms with Gasteiger partial charge in [-0.3, -0.25) is 4.79 Å². The van der Waals surface area contributed by atoms with Crippen molar-refractivity contribution < 1.29 is 9.53 Å². The van der Waals surface area contributed by atoms with Crippen LogP contribution in [0, 0.1) is 0 Å². The zero-order chi connectivity index (χ0) is 9.26. The molecule has 1 saturated heterocycles. The average Bonchev–Trinajstić information content (AvgIpc) is 2.44. The fourth-order valence-electron chi connectivity index (χ4n) is 1.84. The Labute approximate surface area is 78.8 Å². The van der Waals surface area contributed by atoms with Gasteiger partial charge in [0.2, 0.25) is 5.91 Å². The molecule has 3 nitrogen and oxygen atoms in total. The molecule has 1 aliphatic heterocycles. The topological polar surface area (TPSA) is 38.3 Å². The zero-order valence-corrected chi connectivity index (χ0v) is 8.08. The highest BCUT2D eigenvalue weighted by molar-refractivity contribution is 5.81. The lowest BCUT2D eigenvalue weighted by Crippen LogP contribution is -2.44. The van der Waals surface area contributed by atoms with Gasteiger partial charge in [0.25, 0.3) is 0 Å². The standard InChI is InChI=1S/C10H17NO2/c1-7-5-6-9(13-7)10(12)11-8-3-2-4-8/h7-9H,2-6H2,1H3,(H,11,12). The average molecular weight is 183 g/mol. The maximum absolute atomic E-state index is 11.6. The summed E-state index contributed by atoms with van der Waals surface area (Å²) in [5.41, 5.74) is 0. The summed E-state index contributed by atoms with van der Waals surface area (Å²) in [7, 11) is 0. The smallest absolute Gasteiger partial charge is 0.249 e.